The Hall–Kier alpha value is -3.75. The number of nitrogens with zero attached hydrogens (tertiary/aromatic N) is 1. The van der Waals surface area contributed by atoms with Crippen LogP contribution in [0.15, 0.2) is 18.2 Å². The molecule has 0 bridgehead atoms. The highest BCUT2D eigenvalue weighted by Gasteiger charge is 2.56. The number of hydrogen-bond donors (Lipinski definition) is 5. The second-order valence-electron chi connectivity index (χ2n) is 16.1. The third-order valence-corrected chi connectivity index (χ3v) is 12.9. The summed E-state index contributed by atoms with van der Waals surface area (Å²) in [5, 5.41) is 42.4. The summed E-state index contributed by atoms with van der Waals surface area (Å²) in [6.07, 6.45) is -5.00. The second kappa shape index (κ2) is 14.8. The van der Waals surface area contributed by atoms with E-state index < -0.39 is 83.1 Å². The third-order valence-electron chi connectivity index (χ3n) is 12.9. The molecule has 2 aliphatic carbocycles. The minimum Gasteiger partial charge on any atom is -0.507 e. The lowest BCUT2D eigenvalue weighted by molar-refractivity contribution is -0.256. The molecule has 5 heterocycles. The molecule has 0 unspecified atom stereocenters. The zero-order valence-electron chi connectivity index (χ0n) is 32.2. The van der Waals surface area contributed by atoms with E-state index in [1.807, 2.05) is 14.0 Å². The lowest BCUT2D eigenvalue weighted by Crippen LogP contribution is -2.55. The fourth-order valence-electron chi connectivity index (χ4n) is 10.2. The number of nitrogens with one attached hydrogen (secondary N) is 2. The van der Waals surface area contributed by atoms with Crippen LogP contribution in [0.4, 0.5) is 0 Å². The average Bonchev–Trinajstić information content (AvgIpc) is 3.92. The molecule has 57 heavy (non-hydrogen) atoms. The number of amides is 1. The molecule has 7 aliphatic rings. The number of hydrogen-bond acceptors (Lipinski definition) is 16. The van der Waals surface area contributed by atoms with Crippen molar-refractivity contribution in [1.29, 1.82) is 0 Å². The maximum absolute atomic E-state index is 14.2. The van der Waals surface area contributed by atoms with E-state index >= 15 is 0 Å². The molecule has 17 heteroatoms. The first kappa shape index (κ1) is 38.8. The van der Waals surface area contributed by atoms with Crippen molar-refractivity contribution in [2.24, 2.45) is 11.8 Å². The van der Waals surface area contributed by atoms with E-state index in [1.54, 1.807) is 13.2 Å². The monoisotopic (exact) mass is 795 g/mol. The number of ketones is 2. The molecule has 308 valence electrons. The van der Waals surface area contributed by atoms with E-state index in [1.165, 1.54) is 19.2 Å². The molecule has 0 radical (unpaired) electrons. The molecule has 9 rings (SSSR count). The van der Waals surface area contributed by atoms with Gasteiger partial charge < -0.3 is 63.8 Å². The Morgan fingerprint density at radius 1 is 0.965 bits per heavy atom. The zero-order valence-corrected chi connectivity index (χ0v) is 32.2. The van der Waals surface area contributed by atoms with Gasteiger partial charge in [-0.25, -0.2) is 0 Å². The van der Waals surface area contributed by atoms with E-state index in [0.29, 0.717) is 32.8 Å². The molecular weight excluding hydrogens is 746 g/mol. The first-order valence-corrected chi connectivity index (χ1v) is 19.6. The van der Waals surface area contributed by atoms with Crippen LogP contribution in [0, 0.1) is 11.8 Å². The standard InChI is InChI=1S/C40H49N3O14/c1-17-34-22(43-8-9-52-38(51-4)37(43)57-34)10-25(55-17)56-24-12-40(49,39(48)42-14-19-16-54-35-18(13-41-2)15-53-36(19)35)11-21-27(24)33(47)29-28(31(21)45)30(44)20-6-5-7-23(50-3)26(20)32(29)46/h5-7,17-19,22,24-25,34-38,41,45,47,49H,8-16H2,1-4H3,(H,42,48)/t17-,18-,19-,22-,24-,25-,34+,35+,36+,37+,38-,40-/m0/s1. The van der Waals surface area contributed by atoms with Gasteiger partial charge in [-0.3, -0.25) is 19.3 Å². The molecule has 0 aromatic heterocycles. The highest BCUT2D eigenvalue weighted by Crippen LogP contribution is 2.53. The Morgan fingerprint density at radius 2 is 1.70 bits per heavy atom. The highest BCUT2D eigenvalue weighted by atomic mass is 16.7. The number of methoxy groups -OCH3 is 2. The number of rotatable bonds is 9. The number of phenolic OH excluding ortho intramolecular Hbond substituents is 2. The number of morpholine rings is 1. The van der Waals surface area contributed by atoms with Crippen molar-refractivity contribution in [1.82, 2.24) is 15.5 Å². The molecule has 0 saturated carbocycles. The fourth-order valence-corrected chi connectivity index (χ4v) is 10.2. The summed E-state index contributed by atoms with van der Waals surface area (Å²) < 4.78 is 48.2. The largest absolute Gasteiger partial charge is 0.507 e. The molecule has 12 atom stereocenters. The van der Waals surface area contributed by atoms with Gasteiger partial charge in [-0.05, 0) is 20.0 Å². The van der Waals surface area contributed by atoms with E-state index in [4.69, 9.17) is 37.9 Å². The summed E-state index contributed by atoms with van der Waals surface area (Å²) in [4.78, 5) is 44.5. The van der Waals surface area contributed by atoms with Gasteiger partial charge in [0.2, 0.25) is 5.78 Å². The predicted octanol–water partition coefficient (Wildman–Crippen LogP) is 0.516. The molecule has 5 saturated heterocycles. The van der Waals surface area contributed by atoms with Gasteiger partial charge in [0.15, 0.2) is 24.6 Å². The second-order valence-corrected chi connectivity index (χ2v) is 16.1. The molecule has 2 aromatic rings. The van der Waals surface area contributed by atoms with Crippen LogP contribution in [0.5, 0.6) is 17.2 Å². The molecule has 5 fully saturated rings. The molecular formula is C40H49N3O14. The SMILES string of the molecule is CNC[C@H]1CO[C@@H]2[C@@H](CNC(=O)[C@]3(O)Cc4c(O)c5c(c(O)c4[C@@H](O[C@H]4C[C@H]6[C@H](O[C@@H]7[C@@H](OC)OCCN76)[C@H](C)O4)C3)C(=O)c3c(OC)cccc3C5=O)CO[C@H]12. The van der Waals surface area contributed by atoms with Gasteiger partial charge in [0.25, 0.3) is 5.91 Å². The lowest BCUT2D eigenvalue weighted by Gasteiger charge is -2.43. The van der Waals surface area contributed by atoms with Crippen LogP contribution >= 0.6 is 0 Å². The van der Waals surface area contributed by atoms with E-state index in [0.717, 1.165) is 6.54 Å². The van der Waals surface area contributed by atoms with Gasteiger partial charge in [-0.1, -0.05) is 12.1 Å². The highest BCUT2D eigenvalue weighted by molar-refractivity contribution is 6.31. The van der Waals surface area contributed by atoms with Gasteiger partial charge >= 0.3 is 0 Å². The van der Waals surface area contributed by atoms with Crippen molar-refractivity contribution < 1.29 is 67.6 Å². The maximum atomic E-state index is 14.2. The van der Waals surface area contributed by atoms with E-state index in [-0.39, 0.29) is 77.2 Å². The normalized spacial score (nSPS) is 36.8. The number of phenols is 2. The van der Waals surface area contributed by atoms with Crippen LogP contribution in [0.3, 0.4) is 0 Å². The summed E-state index contributed by atoms with van der Waals surface area (Å²) >= 11 is 0. The predicted molar refractivity (Wildman–Crippen MR) is 195 cm³/mol. The topological polar surface area (TPSA) is 213 Å². The van der Waals surface area contributed by atoms with Crippen LogP contribution < -0.4 is 15.4 Å². The molecule has 5 aliphatic heterocycles. The lowest BCUT2D eigenvalue weighted by atomic mass is 9.72. The van der Waals surface area contributed by atoms with Crippen molar-refractivity contribution >= 4 is 17.5 Å². The molecule has 1 amide bonds. The molecule has 2 aromatic carbocycles. The zero-order chi connectivity index (χ0) is 39.9. The summed E-state index contributed by atoms with van der Waals surface area (Å²) in [5.74, 6) is -3.28. The Labute approximate surface area is 328 Å². The van der Waals surface area contributed by atoms with E-state index in [2.05, 4.69) is 15.5 Å². The van der Waals surface area contributed by atoms with Gasteiger partial charge in [-0.15, -0.1) is 0 Å². The van der Waals surface area contributed by atoms with Crippen molar-refractivity contribution in [2.45, 2.75) is 87.2 Å². The Balaban J connectivity index is 1.05. The molecule has 0 spiro atoms. The van der Waals surface area contributed by atoms with Crippen molar-refractivity contribution in [3.05, 3.63) is 51.6 Å². The summed E-state index contributed by atoms with van der Waals surface area (Å²) in [6.45, 7) is 4.63. The number of benzene rings is 2. The number of aromatic hydroxyl groups is 2. The summed E-state index contributed by atoms with van der Waals surface area (Å²) in [6, 6.07) is 4.34. The molecule has 5 N–H and O–H groups in total. The number of fused-ring (bicyclic) bond motifs is 7. The van der Waals surface area contributed by atoms with Gasteiger partial charge in [0.05, 0.1) is 68.0 Å². The number of carbonyl (C=O) groups is 3. The first-order valence-electron chi connectivity index (χ1n) is 19.6. The Morgan fingerprint density at radius 3 is 2.42 bits per heavy atom. The average molecular weight is 796 g/mol. The van der Waals surface area contributed by atoms with Crippen LogP contribution in [0.1, 0.15) is 68.8 Å². The summed E-state index contributed by atoms with van der Waals surface area (Å²) in [7, 11) is 4.79. The van der Waals surface area contributed by atoms with E-state index in [9.17, 15) is 29.7 Å². The van der Waals surface area contributed by atoms with Crippen molar-refractivity contribution in [3.8, 4) is 17.2 Å². The van der Waals surface area contributed by atoms with Gasteiger partial charge in [0.1, 0.15) is 29.0 Å². The van der Waals surface area contributed by atoms with Gasteiger partial charge in [0, 0.05) is 80.6 Å². The van der Waals surface area contributed by atoms with Crippen LogP contribution in [-0.4, -0.2) is 153 Å². The first-order chi connectivity index (χ1) is 27.5. The van der Waals surface area contributed by atoms with Crippen LogP contribution in [-0.2, 0) is 44.4 Å². The number of carbonyl (C=O) groups excluding carboxylic acids is 3. The number of ether oxygens (including phenoxy) is 8. The third kappa shape index (κ3) is 6.17. The Bertz CT molecular complexity index is 1960. The number of aliphatic hydroxyl groups is 1. The maximum Gasteiger partial charge on any atom is 0.252 e. The van der Waals surface area contributed by atoms with Gasteiger partial charge in [-0.2, -0.15) is 0 Å². The summed E-state index contributed by atoms with van der Waals surface area (Å²) in [5.41, 5.74) is -3.21. The quantitative estimate of drug-likeness (QED) is 0.187. The molecule has 17 nitrogen and oxygen atoms in total. The van der Waals surface area contributed by atoms with Crippen LogP contribution in [0.25, 0.3) is 0 Å². The smallest absolute Gasteiger partial charge is 0.252 e. The van der Waals surface area contributed by atoms with Crippen molar-refractivity contribution in [2.75, 3.05) is 60.7 Å². The van der Waals surface area contributed by atoms with Crippen LogP contribution in [0.2, 0.25) is 0 Å². The van der Waals surface area contributed by atoms with Crippen molar-refractivity contribution in [3.63, 3.8) is 0 Å². The fraction of sp³-hybridized carbons (Fsp3) is 0.625. The minimum absolute atomic E-state index is 0.0173. The minimum atomic E-state index is -2.19. The Kier molecular flexibility index (Phi) is 10.1.